The van der Waals surface area contributed by atoms with Crippen LogP contribution < -0.4 is 9.62 Å². The van der Waals surface area contributed by atoms with Crippen molar-refractivity contribution in [1.82, 2.24) is 10.2 Å². The minimum Gasteiger partial charge on any atom is -0.354 e. The van der Waals surface area contributed by atoms with Crippen LogP contribution in [0.4, 0.5) is 5.69 Å². The molecule has 0 aliphatic carbocycles. The monoisotopic (exact) mass is 529 g/mol. The highest BCUT2D eigenvalue weighted by molar-refractivity contribution is 7.92. The maximum Gasteiger partial charge on any atom is 0.242 e. The van der Waals surface area contributed by atoms with Crippen LogP contribution in [0.25, 0.3) is 0 Å². The topological polar surface area (TPSA) is 86.8 Å². The zero-order valence-electron chi connectivity index (χ0n) is 23.2. The number of hydrogen-bond donors (Lipinski definition) is 1. The van der Waals surface area contributed by atoms with Gasteiger partial charge < -0.3 is 10.2 Å². The molecule has 0 fully saturated rings. The predicted octanol–water partition coefficient (Wildman–Crippen LogP) is 4.88. The number of amides is 2. The summed E-state index contributed by atoms with van der Waals surface area (Å²) >= 11 is 0. The number of hydrogen-bond acceptors (Lipinski definition) is 4. The third-order valence-corrected chi connectivity index (χ3v) is 7.49. The van der Waals surface area contributed by atoms with Gasteiger partial charge in [0.1, 0.15) is 6.04 Å². The van der Waals surface area contributed by atoms with Crippen molar-refractivity contribution in [3.05, 3.63) is 64.7 Å². The van der Waals surface area contributed by atoms with E-state index in [4.69, 9.17) is 0 Å². The van der Waals surface area contributed by atoms with Crippen molar-refractivity contribution in [3.8, 4) is 0 Å². The van der Waals surface area contributed by atoms with Gasteiger partial charge in [-0.25, -0.2) is 8.42 Å². The average Bonchev–Trinajstić information content (AvgIpc) is 2.80. The first-order chi connectivity index (χ1) is 17.5. The van der Waals surface area contributed by atoms with E-state index in [1.807, 2.05) is 70.2 Å². The molecule has 1 N–H and O–H groups in total. The van der Waals surface area contributed by atoms with E-state index in [2.05, 4.69) is 12.2 Å². The summed E-state index contributed by atoms with van der Waals surface area (Å²) in [6, 6.07) is 13.0. The molecule has 1 atom stereocenters. The zero-order valence-corrected chi connectivity index (χ0v) is 24.0. The van der Waals surface area contributed by atoms with E-state index < -0.39 is 16.1 Å². The highest BCUT2D eigenvalue weighted by Gasteiger charge is 2.28. The molecule has 7 nitrogen and oxygen atoms in total. The van der Waals surface area contributed by atoms with E-state index in [-0.39, 0.29) is 24.8 Å². The summed E-state index contributed by atoms with van der Waals surface area (Å²) in [6.45, 7) is 10.9. The summed E-state index contributed by atoms with van der Waals surface area (Å²) in [4.78, 5) is 28.2. The van der Waals surface area contributed by atoms with E-state index in [0.717, 1.165) is 35.1 Å². The maximum absolute atomic E-state index is 13.5. The number of unbranched alkanes of at least 4 members (excludes halogenated alkanes) is 1. The Labute approximate surface area is 223 Å². The molecule has 8 heteroatoms. The van der Waals surface area contributed by atoms with Crippen LogP contribution >= 0.6 is 0 Å². The van der Waals surface area contributed by atoms with Crippen LogP contribution in [0, 0.1) is 20.8 Å². The van der Waals surface area contributed by atoms with Gasteiger partial charge in [-0.2, -0.15) is 0 Å². The number of nitrogens with zero attached hydrogens (tertiary/aromatic N) is 2. The Balaban J connectivity index is 2.22. The lowest BCUT2D eigenvalue weighted by Gasteiger charge is -2.31. The molecule has 0 aliphatic heterocycles. The number of sulfonamides is 1. The highest BCUT2D eigenvalue weighted by Crippen LogP contribution is 2.22. The number of carbonyl (C=O) groups excluding carboxylic acids is 2. The first-order valence-electron chi connectivity index (χ1n) is 13.1. The van der Waals surface area contributed by atoms with Gasteiger partial charge in [-0.15, -0.1) is 0 Å². The number of anilines is 1. The van der Waals surface area contributed by atoms with Crippen LogP contribution in [0.1, 0.15) is 68.2 Å². The van der Waals surface area contributed by atoms with Crippen molar-refractivity contribution in [1.29, 1.82) is 0 Å². The van der Waals surface area contributed by atoms with Gasteiger partial charge in [0.15, 0.2) is 0 Å². The summed E-state index contributed by atoms with van der Waals surface area (Å²) in [7, 11) is -3.53. The van der Waals surface area contributed by atoms with Crippen LogP contribution in [0.5, 0.6) is 0 Å². The molecule has 37 heavy (non-hydrogen) atoms. The first kappa shape index (κ1) is 30.4. The van der Waals surface area contributed by atoms with E-state index >= 15 is 0 Å². The molecule has 0 radical (unpaired) electrons. The van der Waals surface area contributed by atoms with E-state index in [0.29, 0.717) is 31.6 Å². The van der Waals surface area contributed by atoms with Crippen molar-refractivity contribution in [2.24, 2.45) is 0 Å². The van der Waals surface area contributed by atoms with Crippen molar-refractivity contribution >= 4 is 27.5 Å². The molecule has 2 aromatic rings. The van der Waals surface area contributed by atoms with Gasteiger partial charge >= 0.3 is 0 Å². The van der Waals surface area contributed by atoms with Crippen molar-refractivity contribution in [2.75, 3.05) is 23.7 Å². The Bertz CT molecular complexity index is 1140. The second-order valence-corrected chi connectivity index (χ2v) is 11.8. The summed E-state index contributed by atoms with van der Waals surface area (Å²) < 4.78 is 26.5. The van der Waals surface area contributed by atoms with Crippen molar-refractivity contribution < 1.29 is 18.0 Å². The summed E-state index contributed by atoms with van der Waals surface area (Å²) in [6.07, 6.45) is 4.02. The number of benzene rings is 2. The fourth-order valence-corrected chi connectivity index (χ4v) is 5.48. The molecule has 0 aliphatic rings. The third-order valence-electron chi connectivity index (χ3n) is 6.30. The van der Waals surface area contributed by atoms with Gasteiger partial charge in [-0.3, -0.25) is 13.9 Å². The molecule has 0 saturated heterocycles. The second kappa shape index (κ2) is 14.2. The Morgan fingerprint density at radius 1 is 0.946 bits per heavy atom. The van der Waals surface area contributed by atoms with Crippen LogP contribution in [0.3, 0.4) is 0 Å². The van der Waals surface area contributed by atoms with Gasteiger partial charge in [-0.05, 0) is 68.9 Å². The minimum absolute atomic E-state index is 0.140. The normalized spacial score (nSPS) is 12.2. The van der Waals surface area contributed by atoms with Gasteiger partial charge in [0, 0.05) is 26.1 Å². The molecule has 0 saturated carbocycles. The summed E-state index contributed by atoms with van der Waals surface area (Å²) in [5.74, 6) is -0.308. The lowest BCUT2D eigenvalue weighted by Crippen LogP contribution is -2.49. The largest absolute Gasteiger partial charge is 0.354 e. The van der Waals surface area contributed by atoms with Gasteiger partial charge in [0.2, 0.25) is 21.8 Å². The molecular weight excluding hydrogens is 486 g/mol. The Morgan fingerprint density at radius 3 is 2.19 bits per heavy atom. The molecule has 1 unspecified atom stereocenters. The van der Waals surface area contributed by atoms with Gasteiger partial charge in [0.25, 0.3) is 0 Å². The van der Waals surface area contributed by atoms with Gasteiger partial charge in [0.05, 0.1) is 11.9 Å². The minimum atomic E-state index is -3.53. The molecule has 2 amide bonds. The Kier molecular flexibility index (Phi) is 11.6. The molecule has 0 spiro atoms. The van der Waals surface area contributed by atoms with Gasteiger partial charge in [-0.1, -0.05) is 56.2 Å². The molecule has 204 valence electrons. The molecule has 2 rings (SSSR count). The van der Waals surface area contributed by atoms with Crippen LogP contribution in [-0.4, -0.2) is 50.5 Å². The van der Waals surface area contributed by atoms with E-state index in [9.17, 15) is 18.0 Å². The standard InChI is InChI=1S/C29H43N3O4S/c1-7-9-15-30-29(34)27(8-2)31(21-25-13-10-12-22(3)18-25)28(33)14-11-16-32(37(6,35)36)26-19-23(4)17-24(5)20-26/h10,12-13,17-20,27H,7-9,11,14-16,21H2,1-6H3,(H,30,34). The average molecular weight is 530 g/mol. The third kappa shape index (κ3) is 9.50. The first-order valence-corrected chi connectivity index (χ1v) is 15.0. The summed E-state index contributed by atoms with van der Waals surface area (Å²) in [5.41, 5.74) is 4.60. The lowest BCUT2D eigenvalue weighted by molar-refractivity contribution is -0.141. The lowest BCUT2D eigenvalue weighted by atomic mass is 10.1. The molecule has 0 aromatic heterocycles. The maximum atomic E-state index is 13.5. The quantitative estimate of drug-likeness (QED) is 0.353. The summed E-state index contributed by atoms with van der Waals surface area (Å²) in [5, 5.41) is 2.97. The molecular formula is C29H43N3O4S. The number of carbonyl (C=O) groups is 2. The van der Waals surface area contributed by atoms with E-state index in [1.54, 1.807) is 4.90 Å². The fourth-order valence-electron chi connectivity index (χ4n) is 4.53. The van der Waals surface area contributed by atoms with Crippen molar-refractivity contribution in [3.63, 3.8) is 0 Å². The van der Waals surface area contributed by atoms with E-state index in [1.165, 1.54) is 10.6 Å². The number of rotatable bonds is 14. The Hall–Kier alpha value is -2.87. The van der Waals surface area contributed by atoms with Crippen LogP contribution in [-0.2, 0) is 26.2 Å². The van der Waals surface area contributed by atoms with Crippen LogP contribution in [0.2, 0.25) is 0 Å². The zero-order chi connectivity index (χ0) is 27.6. The molecule has 0 bridgehead atoms. The van der Waals surface area contributed by atoms with Crippen LogP contribution in [0.15, 0.2) is 42.5 Å². The smallest absolute Gasteiger partial charge is 0.242 e. The second-order valence-electron chi connectivity index (χ2n) is 9.86. The highest BCUT2D eigenvalue weighted by atomic mass is 32.2. The molecule has 0 heterocycles. The SMILES string of the molecule is CCCCNC(=O)C(CC)N(Cc1cccc(C)c1)C(=O)CCCN(c1cc(C)cc(C)c1)S(C)(=O)=O. The predicted molar refractivity (Wildman–Crippen MR) is 151 cm³/mol. The molecule has 2 aromatic carbocycles. The number of aryl methyl sites for hydroxylation is 3. The number of nitrogens with one attached hydrogen (secondary N) is 1. The fraction of sp³-hybridized carbons (Fsp3) is 0.517. The van der Waals surface area contributed by atoms with Crippen molar-refractivity contribution in [2.45, 2.75) is 79.3 Å². The Morgan fingerprint density at radius 2 is 1.62 bits per heavy atom.